The van der Waals surface area contributed by atoms with E-state index in [4.69, 9.17) is 15.3 Å². The molecular weight excluding hydrogens is 412 g/mol. The van der Waals surface area contributed by atoms with Gasteiger partial charge in [0.25, 0.3) is 0 Å². The molecular formula is C27H24N4O2. The van der Waals surface area contributed by atoms with Gasteiger partial charge in [0.15, 0.2) is 0 Å². The van der Waals surface area contributed by atoms with Gasteiger partial charge in [-0.1, -0.05) is 78.9 Å². The van der Waals surface area contributed by atoms with E-state index >= 15 is 0 Å². The number of carboxylic acid groups (broad SMARTS) is 1. The van der Waals surface area contributed by atoms with Gasteiger partial charge in [-0.15, -0.1) is 0 Å². The van der Waals surface area contributed by atoms with E-state index in [9.17, 15) is 4.79 Å². The number of hydrazone groups is 1. The van der Waals surface area contributed by atoms with Crippen molar-refractivity contribution in [2.24, 2.45) is 5.10 Å². The number of para-hydroxylation sites is 1. The van der Waals surface area contributed by atoms with Crippen molar-refractivity contribution in [3.8, 4) is 11.3 Å². The highest BCUT2D eigenvalue weighted by Crippen LogP contribution is 2.40. The molecule has 2 heterocycles. The highest BCUT2D eigenvalue weighted by Gasteiger charge is 2.33. The van der Waals surface area contributed by atoms with Gasteiger partial charge in [-0.2, -0.15) is 10.2 Å². The van der Waals surface area contributed by atoms with Crippen molar-refractivity contribution in [3.63, 3.8) is 0 Å². The molecule has 1 N–H and O–H groups in total. The first-order valence-electron chi connectivity index (χ1n) is 11.0. The molecule has 1 aromatic heterocycles. The maximum Gasteiger partial charge on any atom is 0.305 e. The van der Waals surface area contributed by atoms with Crippen LogP contribution in [0.25, 0.3) is 11.3 Å². The molecule has 164 valence electrons. The summed E-state index contributed by atoms with van der Waals surface area (Å²) in [6, 6.07) is 30.3. The van der Waals surface area contributed by atoms with Crippen molar-refractivity contribution < 1.29 is 9.90 Å². The minimum absolute atomic E-state index is 0.0220. The molecule has 6 heteroatoms. The number of rotatable bonds is 7. The maximum atomic E-state index is 11.2. The molecule has 0 saturated heterocycles. The first kappa shape index (κ1) is 20.7. The molecule has 0 spiro atoms. The normalized spacial score (nSPS) is 15.5. The molecule has 0 saturated carbocycles. The number of hydrogen-bond donors (Lipinski definition) is 1. The molecule has 5 rings (SSSR count). The first-order valence-corrected chi connectivity index (χ1v) is 11.0. The fourth-order valence-electron chi connectivity index (χ4n) is 4.20. The van der Waals surface area contributed by atoms with Crippen LogP contribution < -0.4 is 5.01 Å². The summed E-state index contributed by atoms with van der Waals surface area (Å²) in [5, 5.41) is 21.0. The second-order valence-electron chi connectivity index (χ2n) is 8.02. The molecule has 1 aliphatic rings. The van der Waals surface area contributed by atoms with E-state index < -0.39 is 5.97 Å². The van der Waals surface area contributed by atoms with Gasteiger partial charge in [0.05, 0.1) is 36.1 Å². The molecule has 0 amide bonds. The summed E-state index contributed by atoms with van der Waals surface area (Å²) >= 11 is 0. The molecule has 0 aliphatic carbocycles. The number of carboxylic acids is 1. The largest absolute Gasteiger partial charge is 0.481 e. The molecule has 0 bridgehead atoms. The lowest BCUT2D eigenvalue weighted by Gasteiger charge is -2.23. The topological polar surface area (TPSA) is 70.7 Å². The third-order valence-corrected chi connectivity index (χ3v) is 5.79. The summed E-state index contributed by atoms with van der Waals surface area (Å²) in [6.45, 7) is 0.319. The van der Waals surface area contributed by atoms with Gasteiger partial charge >= 0.3 is 5.97 Å². The lowest BCUT2D eigenvalue weighted by molar-refractivity contribution is -0.137. The Kier molecular flexibility index (Phi) is 5.72. The van der Waals surface area contributed by atoms with Crippen LogP contribution in [0.5, 0.6) is 0 Å². The summed E-state index contributed by atoms with van der Waals surface area (Å²) in [6.07, 6.45) is 2.73. The summed E-state index contributed by atoms with van der Waals surface area (Å²) in [7, 11) is 0. The van der Waals surface area contributed by atoms with Crippen LogP contribution in [-0.2, 0) is 11.3 Å². The van der Waals surface area contributed by atoms with Crippen molar-refractivity contribution in [2.45, 2.75) is 25.4 Å². The van der Waals surface area contributed by atoms with Crippen LogP contribution in [0.2, 0.25) is 0 Å². The number of nitrogens with zero attached hydrogens (tertiary/aromatic N) is 4. The third-order valence-electron chi connectivity index (χ3n) is 5.79. The third kappa shape index (κ3) is 4.41. The van der Waals surface area contributed by atoms with Crippen molar-refractivity contribution in [2.75, 3.05) is 5.01 Å². The summed E-state index contributed by atoms with van der Waals surface area (Å²) in [4.78, 5) is 11.2. The molecule has 1 aliphatic heterocycles. The number of carbonyl (C=O) groups is 1. The van der Waals surface area contributed by atoms with Crippen molar-refractivity contribution >= 4 is 17.4 Å². The number of aryl methyl sites for hydroxylation is 1. The van der Waals surface area contributed by atoms with Gasteiger partial charge in [-0.25, -0.2) is 0 Å². The SMILES string of the molecule is O=C(O)CCn1cc([C@H]2CC(c3ccccc3)=NN2c2ccccc2)c(-c2ccccc2)n1. The van der Waals surface area contributed by atoms with Crippen molar-refractivity contribution in [3.05, 3.63) is 108 Å². The molecule has 3 aromatic carbocycles. The lowest BCUT2D eigenvalue weighted by Crippen LogP contribution is -2.18. The number of benzene rings is 3. The van der Waals surface area contributed by atoms with Crippen LogP contribution in [0.1, 0.15) is 30.0 Å². The maximum absolute atomic E-state index is 11.2. The Labute approximate surface area is 192 Å². The van der Waals surface area contributed by atoms with Crippen LogP contribution in [0.3, 0.4) is 0 Å². The van der Waals surface area contributed by atoms with Crippen LogP contribution in [-0.4, -0.2) is 26.6 Å². The Bertz CT molecular complexity index is 1270. The Balaban J connectivity index is 1.59. The monoisotopic (exact) mass is 436 g/mol. The van der Waals surface area contributed by atoms with Gasteiger partial charge in [0.1, 0.15) is 0 Å². The zero-order valence-corrected chi connectivity index (χ0v) is 18.1. The van der Waals surface area contributed by atoms with Gasteiger partial charge < -0.3 is 5.11 Å². The second kappa shape index (κ2) is 9.12. The summed E-state index contributed by atoms with van der Waals surface area (Å²) in [5.41, 5.74) is 6.01. The van der Waals surface area contributed by atoms with Crippen LogP contribution >= 0.6 is 0 Å². The van der Waals surface area contributed by atoms with Crippen LogP contribution in [0, 0.1) is 0 Å². The fourth-order valence-corrected chi connectivity index (χ4v) is 4.20. The van der Waals surface area contributed by atoms with E-state index in [2.05, 4.69) is 29.3 Å². The molecule has 0 radical (unpaired) electrons. The molecule has 1 atom stereocenters. The Morgan fingerprint density at radius 1 is 0.879 bits per heavy atom. The number of anilines is 1. The van der Waals surface area contributed by atoms with Crippen LogP contribution in [0.4, 0.5) is 5.69 Å². The molecule has 4 aromatic rings. The Hall–Kier alpha value is -4.19. The zero-order valence-electron chi connectivity index (χ0n) is 18.1. The highest BCUT2D eigenvalue weighted by atomic mass is 16.4. The second-order valence-corrected chi connectivity index (χ2v) is 8.02. The Morgan fingerprint density at radius 2 is 1.48 bits per heavy atom. The van der Waals surface area contributed by atoms with Gasteiger partial charge in [0, 0.05) is 23.7 Å². The van der Waals surface area contributed by atoms with Crippen molar-refractivity contribution in [1.29, 1.82) is 0 Å². The van der Waals surface area contributed by atoms with Gasteiger partial charge in [-0.3, -0.25) is 14.5 Å². The van der Waals surface area contributed by atoms with E-state index in [0.29, 0.717) is 6.54 Å². The molecule has 0 unspecified atom stereocenters. The minimum atomic E-state index is -0.838. The first-order chi connectivity index (χ1) is 16.2. The van der Waals surface area contributed by atoms with Gasteiger partial charge in [-0.05, 0) is 17.7 Å². The standard InChI is InChI=1S/C27H24N4O2/c32-26(33)16-17-30-19-23(27(29-30)21-12-6-2-7-13-21)25-18-24(20-10-4-1-5-11-20)28-31(25)22-14-8-3-9-15-22/h1-15,19,25H,16-18H2,(H,32,33)/t25-/m1/s1. The smallest absolute Gasteiger partial charge is 0.305 e. The van der Waals surface area contributed by atoms with E-state index in [1.807, 2.05) is 72.9 Å². The highest BCUT2D eigenvalue weighted by molar-refractivity contribution is 6.03. The molecule has 6 nitrogen and oxygen atoms in total. The fraction of sp³-hybridized carbons (Fsp3) is 0.148. The number of aromatic nitrogens is 2. The number of aliphatic carboxylic acids is 1. The predicted molar refractivity (Wildman–Crippen MR) is 129 cm³/mol. The average molecular weight is 437 g/mol. The lowest BCUT2D eigenvalue weighted by atomic mass is 9.96. The van der Waals surface area contributed by atoms with Crippen molar-refractivity contribution in [1.82, 2.24) is 9.78 Å². The van der Waals surface area contributed by atoms with Gasteiger partial charge in [0.2, 0.25) is 0 Å². The minimum Gasteiger partial charge on any atom is -0.481 e. The predicted octanol–water partition coefficient (Wildman–Crippen LogP) is 5.38. The van der Waals surface area contributed by atoms with E-state index in [-0.39, 0.29) is 12.5 Å². The van der Waals surface area contributed by atoms with Crippen LogP contribution in [0.15, 0.2) is 102 Å². The Morgan fingerprint density at radius 3 is 2.12 bits per heavy atom. The number of hydrogen-bond acceptors (Lipinski definition) is 4. The average Bonchev–Trinajstić information content (AvgIpc) is 3.49. The summed E-state index contributed by atoms with van der Waals surface area (Å²) in [5.74, 6) is -0.838. The summed E-state index contributed by atoms with van der Waals surface area (Å²) < 4.78 is 1.75. The van der Waals surface area contributed by atoms with E-state index in [1.165, 1.54) is 0 Å². The van der Waals surface area contributed by atoms with E-state index in [0.717, 1.165) is 40.2 Å². The molecule has 0 fully saturated rings. The quantitative estimate of drug-likeness (QED) is 0.422. The van der Waals surface area contributed by atoms with E-state index in [1.54, 1.807) is 4.68 Å². The zero-order chi connectivity index (χ0) is 22.6. The molecule has 33 heavy (non-hydrogen) atoms.